The molecule has 0 N–H and O–H groups in total. The number of halogens is 2. The zero-order valence-electron chi connectivity index (χ0n) is 11.8. The van der Waals surface area contributed by atoms with E-state index in [4.69, 9.17) is 11.2 Å². The first kappa shape index (κ1) is 18.4. The van der Waals surface area contributed by atoms with Gasteiger partial charge in [-0.2, -0.15) is 0 Å². The van der Waals surface area contributed by atoms with Gasteiger partial charge in [0.15, 0.2) is 0 Å². The van der Waals surface area contributed by atoms with Gasteiger partial charge in [0.2, 0.25) is 0 Å². The van der Waals surface area contributed by atoms with Crippen LogP contribution in [0, 0.1) is 19.5 Å². The van der Waals surface area contributed by atoms with Gasteiger partial charge >= 0.3 is 0 Å². The van der Waals surface area contributed by atoms with Crippen LogP contribution in [-0.2, 0) is 4.79 Å². The summed E-state index contributed by atoms with van der Waals surface area (Å²) >= 11 is 5.24. The minimum atomic E-state index is -0.294. The number of amides is 2. The lowest BCUT2D eigenvalue weighted by atomic mass is 10.2. The van der Waals surface area contributed by atoms with Gasteiger partial charge in [-0.1, -0.05) is 12.0 Å². The van der Waals surface area contributed by atoms with Gasteiger partial charge in [0.25, 0.3) is 11.1 Å². The van der Waals surface area contributed by atoms with Crippen LogP contribution in [-0.4, -0.2) is 29.2 Å². The van der Waals surface area contributed by atoms with E-state index in [1.807, 2.05) is 12.1 Å². The first-order chi connectivity index (χ1) is 11.0. The topological polar surface area (TPSA) is 46.6 Å². The van der Waals surface area contributed by atoms with Crippen LogP contribution in [0.15, 0.2) is 29.7 Å². The lowest BCUT2D eigenvalue weighted by Crippen LogP contribution is -2.27. The number of benzene rings is 1. The molecule has 0 unspecified atom stereocenters. The summed E-state index contributed by atoms with van der Waals surface area (Å²) in [4.78, 5) is 25.6. The monoisotopic (exact) mass is 551 g/mol. The SMILES string of the molecule is C#CCOc1c(I)cc(/C=C2/SC(=O)N(CC=C)C2=O)cc1I. The van der Waals surface area contributed by atoms with E-state index in [1.54, 1.807) is 6.08 Å². The van der Waals surface area contributed by atoms with Gasteiger partial charge < -0.3 is 4.74 Å². The maximum absolute atomic E-state index is 12.2. The van der Waals surface area contributed by atoms with E-state index in [9.17, 15) is 9.59 Å². The quantitative estimate of drug-likeness (QED) is 0.239. The molecule has 4 nitrogen and oxygen atoms in total. The van der Waals surface area contributed by atoms with E-state index in [-0.39, 0.29) is 24.3 Å². The molecule has 2 rings (SSSR count). The summed E-state index contributed by atoms with van der Waals surface area (Å²) in [5, 5.41) is -0.278. The summed E-state index contributed by atoms with van der Waals surface area (Å²) in [5.74, 6) is 2.86. The highest BCUT2D eigenvalue weighted by Crippen LogP contribution is 2.34. The van der Waals surface area contributed by atoms with Gasteiger partial charge in [-0.3, -0.25) is 14.5 Å². The minimum absolute atomic E-state index is 0.200. The lowest BCUT2D eigenvalue weighted by Gasteiger charge is -2.09. The Morgan fingerprint density at radius 1 is 1.35 bits per heavy atom. The molecule has 1 aliphatic rings. The Bertz CT molecular complexity index is 729. The molecule has 1 saturated heterocycles. The van der Waals surface area contributed by atoms with Gasteiger partial charge in [0.05, 0.1) is 12.0 Å². The van der Waals surface area contributed by atoms with Crippen LogP contribution < -0.4 is 4.74 Å². The first-order valence-electron chi connectivity index (χ1n) is 6.39. The largest absolute Gasteiger partial charge is 0.479 e. The zero-order valence-corrected chi connectivity index (χ0v) is 17.0. The smallest absolute Gasteiger partial charge is 0.293 e. The molecule has 0 radical (unpaired) electrons. The molecule has 0 bridgehead atoms. The fraction of sp³-hybridized carbons (Fsp3) is 0.125. The van der Waals surface area contributed by atoms with Crippen molar-refractivity contribution in [2.75, 3.05) is 13.2 Å². The fourth-order valence-electron chi connectivity index (χ4n) is 1.85. The summed E-state index contributed by atoms with van der Waals surface area (Å²) in [6.07, 6.45) is 8.45. The van der Waals surface area contributed by atoms with Crippen LogP contribution in [0.2, 0.25) is 0 Å². The Hall–Kier alpha value is -0.990. The summed E-state index contributed by atoms with van der Waals surface area (Å²) in [7, 11) is 0. The summed E-state index contributed by atoms with van der Waals surface area (Å²) in [6, 6.07) is 3.77. The molecule has 0 spiro atoms. The van der Waals surface area contributed by atoms with Crippen molar-refractivity contribution in [1.82, 2.24) is 4.90 Å². The number of nitrogens with zero attached hydrogens (tertiary/aromatic N) is 1. The van der Waals surface area contributed by atoms with E-state index in [0.717, 1.165) is 30.2 Å². The molecule has 2 amide bonds. The number of hydrogen-bond acceptors (Lipinski definition) is 4. The number of thioether (sulfide) groups is 1. The average molecular weight is 551 g/mol. The lowest BCUT2D eigenvalue weighted by molar-refractivity contribution is -0.122. The Labute approximate surface area is 166 Å². The van der Waals surface area contributed by atoms with E-state index in [1.165, 1.54) is 11.0 Å². The second-order valence-electron chi connectivity index (χ2n) is 4.39. The highest BCUT2D eigenvalue weighted by Gasteiger charge is 2.34. The highest BCUT2D eigenvalue weighted by atomic mass is 127. The molecule has 23 heavy (non-hydrogen) atoms. The Morgan fingerprint density at radius 3 is 2.57 bits per heavy atom. The van der Waals surface area contributed by atoms with Crippen LogP contribution in [0.1, 0.15) is 5.56 Å². The molecule has 7 heteroatoms. The third-order valence-electron chi connectivity index (χ3n) is 2.80. The minimum Gasteiger partial charge on any atom is -0.479 e. The van der Waals surface area contributed by atoms with E-state index in [0.29, 0.717) is 4.91 Å². The second-order valence-corrected chi connectivity index (χ2v) is 7.71. The number of rotatable bonds is 5. The maximum Gasteiger partial charge on any atom is 0.293 e. The molecule has 0 saturated carbocycles. The molecule has 1 aliphatic heterocycles. The fourth-order valence-corrected chi connectivity index (χ4v) is 4.83. The van der Waals surface area contributed by atoms with Crippen molar-refractivity contribution in [2.45, 2.75) is 0 Å². The summed E-state index contributed by atoms with van der Waals surface area (Å²) in [5.41, 5.74) is 0.830. The van der Waals surface area contributed by atoms with E-state index < -0.39 is 0 Å². The maximum atomic E-state index is 12.2. The molecule has 0 aliphatic carbocycles. The summed E-state index contributed by atoms with van der Waals surface area (Å²) < 4.78 is 7.29. The molecular formula is C16H11I2NO3S. The van der Waals surface area contributed by atoms with Gasteiger partial charge in [0, 0.05) is 6.54 Å². The van der Waals surface area contributed by atoms with Crippen molar-refractivity contribution in [1.29, 1.82) is 0 Å². The number of carbonyl (C=O) groups is 2. The second kappa shape index (κ2) is 8.21. The molecule has 118 valence electrons. The molecule has 1 aromatic rings. The van der Waals surface area contributed by atoms with Crippen LogP contribution in [0.5, 0.6) is 5.75 Å². The number of imide groups is 1. The van der Waals surface area contributed by atoms with Crippen molar-refractivity contribution in [3.8, 4) is 18.1 Å². The highest BCUT2D eigenvalue weighted by molar-refractivity contribution is 14.1. The molecule has 1 heterocycles. The zero-order chi connectivity index (χ0) is 17.0. The average Bonchev–Trinajstić information content (AvgIpc) is 2.74. The Balaban J connectivity index is 2.30. The number of terminal acetylenes is 1. The third-order valence-corrected chi connectivity index (χ3v) is 5.31. The number of ether oxygens (including phenoxy) is 1. The predicted molar refractivity (Wildman–Crippen MR) is 109 cm³/mol. The van der Waals surface area contributed by atoms with Crippen molar-refractivity contribution < 1.29 is 14.3 Å². The van der Waals surface area contributed by atoms with Crippen LogP contribution in [0.25, 0.3) is 6.08 Å². The van der Waals surface area contributed by atoms with Crippen molar-refractivity contribution in [3.63, 3.8) is 0 Å². The van der Waals surface area contributed by atoms with Gasteiger partial charge in [-0.25, -0.2) is 0 Å². The van der Waals surface area contributed by atoms with Gasteiger partial charge in [0.1, 0.15) is 12.4 Å². The molecule has 0 aromatic heterocycles. The Morgan fingerprint density at radius 2 is 2.00 bits per heavy atom. The standard InChI is InChI=1S/C16H11I2NO3S/c1-3-5-19-15(20)13(23-16(19)21)9-10-7-11(17)14(12(18)8-10)22-6-4-2/h2-3,7-9H,1,5-6H2/b13-9+. The number of carbonyl (C=O) groups excluding carboxylic acids is 2. The van der Waals surface area contributed by atoms with E-state index in [2.05, 4.69) is 57.7 Å². The summed E-state index contributed by atoms with van der Waals surface area (Å²) in [6.45, 7) is 3.97. The molecular weight excluding hydrogens is 540 g/mol. The van der Waals surface area contributed by atoms with Gasteiger partial charge in [-0.05, 0) is 80.7 Å². The number of hydrogen-bond donors (Lipinski definition) is 0. The van der Waals surface area contributed by atoms with Gasteiger partial charge in [-0.15, -0.1) is 13.0 Å². The predicted octanol–water partition coefficient (Wildman–Crippen LogP) is 4.13. The van der Waals surface area contributed by atoms with Crippen molar-refractivity contribution in [3.05, 3.63) is 42.4 Å². The molecule has 1 fully saturated rings. The van der Waals surface area contributed by atoms with Crippen LogP contribution in [0.4, 0.5) is 4.79 Å². The molecule has 1 aromatic carbocycles. The van der Waals surface area contributed by atoms with Crippen LogP contribution >= 0.6 is 56.9 Å². The normalized spacial score (nSPS) is 15.9. The van der Waals surface area contributed by atoms with Crippen molar-refractivity contribution in [2.24, 2.45) is 0 Å². The van der Waals surface area contributed by atoms with Crippen LogP contribution in [0.3, 0.4) is 0 Å². The van der Waals surface area contributed by atoms with Crippen molar-refractivity contribution >= 4 is 74.2 Å². The Kier molecular flexibility index (Phi) is 6.55. The van der Waals surface area contributed by atoms with E-state index >= 15 is 0 Å². The first-order valence-corrected chi connectivity index (χ1v) is 9.37. The molecule has 0 atom stereocenters. The third kappa shape index (κ3) is 4.30.